The molecule has 1 fully saturated rings. The normalized spacial score (nSPS) is 21.7. The molecular weight excluding hydrogens is 166 g/mol. The molecule has 0 aliphatic carbocycles. The second kappa shape index (κ2) is 4.18. The molecule has 0 spiro atoms. The molecule has 1 aliphatic heterocycles. The predicted octanol–water partition coefficient (Wildman–Crippen LogP) is 0.465. The SMILES string of the molecule is c1ncc(OC[C@@H]2CCNC2)cn1. The van der Waals surface area contributed by atoms with E-state index in [1.165, 1.54) is 12.7 Å². The molecule has 70 valence electrons. The fourth-order valence-corrected chi connectivity index (χ4v) is 1.43. The maximum atomic E-state index is 5.52. The molecule has 2 heterocycles. The van der Waals surface area contributed by atoms with Crippen molar-refractivity contribution in [2.75, 3.05) is 19.7 Å². The summed E-state index contributed by atoms with van der Waals surface area (Å²) in [5, 5.41) is 3.30. The summed E-state index contributed by atoms with van der Waals surface area (Å²) in [5.74, 6) is 1.40. The number of nitrogens with zero attached hydrogens (tertiary/aromatic N) is 2. The number of aromatic nitrogens is 2. The van der Waals surface area contributed by atoms with Crippen molar-refractivity contribution in [3.05, 3.63) is 18.7 Å². The van der Waals surface area contributed by atoms with E-state index in [1.807, 2.05) is 0 Å². The summed E-state index contributed by atoms with van der Waals surface area (Å²) in [4.78, 5) is 7.76. The number of hydrogen-bond donors (Lipinski definition) is 1. The van der Waals surface area contributed by atoms with E-state index in [2.05, 4.69) is 15.3 Å². The van der Waals surface area contributed by atoms with E-state index in [-0.39, 0.29) is 0 Å². The molecule has 4 nitrogen and oxygen atoms in total. The third-order valence-corrected chi connectivity index (χ3v) is 2.18. The van der Waals surface area contributed by atoms with Crippen LogP contribution in [-0.4, -0.2) is 29.7 Å². The summed E-state index contributed by atoms with van der Waals surface area (Å²) < 4.78 is 5.52. The molecule has 1 aliphatic rings. The fourth-order valence-electron chi connectivity index (χ4n) is 1.43. The zero-order chi connectivity index (χ0) is 8.93. The van der Waals surface area contributed by atoms with Gasteiger partial charge in [0.05, 0.1) is 19.0 Å². The van der Waals surface area contributed by atoms with Crippen molar-refractivity contribution in [1.29, 1.82) is 0 Å². The average molecular weight is 179 g/mol. The lowest BCUT2D eigenvalue weighted by Crippen LogP contribution is -2.15. The van der Waals surface area contributed by atoms with Crippen LogP contribution < -0.4 is 10.1 Å². The molecule has 0 saturated carbocycles. The largest absolute Gasteiger partial charge is 0.490 e. The van der Waals surface area contributed by atoms with E-state index in [4.69, 9.17) is 4.74 Å². The molecule has 1 saturated heterocycles. The van der Waals surface area contributed by atoms with Gasteiger partial charge < -0.3 is 10.1 Å². The van der Waals surface area contributed by atoms with Crippen molar-refractivity contribution >= 4 is 0 Å². The van der Waals surface area contributed by atoms with Crippen molar-refractivity contribution in [3.63, 3.8) is 0 Å². The highest BCUT2D eigenvalue weighted by Gasteiger charge is 2.14. The maximum absolute atomic E-state index is 5.52. The van der Waals surface area contributed by atoms with Crippen molar-refractivity contribution in [3.8, 4) is 5.75 Å². The lowest BCUT2D eigenvalue weighted by molar-refractivity contribution is 0.258. The van der Waals surface area contributed by atoms with E-state index in [9.17, 15) is 0 Å². The van der Waals surface area contributed by atoms with Gasteiger partial charge in [0.2, 0.25) is 0 Å². The molecule has 0 unspecified atom stereocenters. The van der Waals surface area contributed by atoms with Crippen LogP contribution in [0.4, 0.5) is 0 Å². The van der Waals surface area contributed by atoms with Gasteiger partial charge in [-0.3, -0.25) is 0 Å². The van der Waals surface area contributed by atoms with Gasteiger partial charge >= 0.3 is 0 Å². The summed E-state index contributed by atoms with van der Waals surface area (Å²) in [5.41, 5.74) is 0. The van der Waals surface area contributed by atoms with E-state index < -0.39 is 0 Å². The van der Waals surface area contributed by atoms with Crippen molar-refractivity contribution in [2.24, 2.45) is 5.92 Å². The van der Waals surface area contributed by atoms with Gasteiger partial charge in [-0.25, -0.2) is 9.97 Å². The van der Waals surface area contributed by atoms with Crippen LogP contribution in [-0.2, 0) is 0 Å². The summed E-state index contributed by atoms with van der Waals surface area (Å²) in [6, 6.07) is 0. The first kappa shape index (κ1) is 8.44. The van der Waals surface area contributed by atoms with E-state index in [0.29, 0.717) is 5.92 Å². The fraction of sp³-hybridized carbons (Fsp3) is 0.556. The van der Waals surface area contributed by atoms with Gasteiger partial charge in [-0.05, 0) is 13.0 Å². The molecular formula is C9H13N3O. The number of nitrogens with one attached hydrogen (secondary N) is 1. The third kappa shape index (κ3) is 2.39. The Hall–Kier alpha value is -1.16. The number of rotatable bonds is 3. The highest BCUT2D eigenvalue weighted by atomic mass is 16.5. The molecule has 4 heteroatoms. The topological polar surface area (TPSA) is 47.0 Å². The summed E-state index contributed by atoms with van der Waals surface area (Å²) >= 11 is 0. The number of hydrogen-bond acceptors (Lipinski definition) is 4. The Kier molecular flexibility index (Phi) is 2.72. The van der Waals surface area contributed by atoms with Crippen molar-refractivity contribution < 1.29 is 4.74 Å². The average Bonchev–Trinajstić information content (AvgIpc) is 2.69. The molecule has 0 radical (unpaired) electrons. The van der Waals surface area contributed by atoms with Crippen LogP contribution >= 0.6 is 0 Å². The molecule has 1 aromatic heterocycles. The van der Waals surface area contributed by atoms with E-state index in [1.54, 1.807) is 12.4 Å². The van der Waals surface area contributed by atoms with Crippen LogP contribution in [0.2, 0.25) is 0 Å². The lowest BCUT2D eigenvalue weighted by Gasteiger charge is -2.09. The predicted molar refractivity (Wildman–Crippen MR) is 48.5 cm³/mol. The molecule has 1 N–H and O–H groups in total. The molecule has 1 atom stereocenters. The van der Waals surface area contributed by atoms with Gasteiger partial charge in [0, 0.05) is 12.5 Å². The highest BCUT2D eigenvalue weighted by Crippen LogP contribution is 2.11. The van der Waals surface area contributed by atoms with Crippen LogP contribution in [0.15, 0.2) is 18.7 Å². The first-order valence-corrected chi connectivity index (χ1v) is 4.53. The van der Waals surface area contributed by atoms with Gasteiger partial charge in [0.1, 0.15) is 6.33 Å². The Morgan fingerprint density at radius 2 is 2.31 bits per heavy atom. The second-order valence-electron chi connectivity index (χ2n) is 3.24. The quantitative estimate of drug-likeness (QED) is 0.732. The van der Waals surface area contributed by atoms with E-state index in [0.717, 1.165) is 25.4 Å². The number of ether oxygens (including phenoxy) is 1. The molecule has 1 aromatic rings. The van der Waals surface area contributed by atoms with Gasteiger partial charge in [0.15, 0.2) is 5.75 Å². The maximum Gasteiger partial charge on any atom is 0.155 e. The summed E-state index contributed by atoms with van der Waals surface area (Å²) in [6.07, 6.45) is 6.09. The minimum absolute atomic E-state index is 0.639. The molecule has 13 heavy (non-hydrogen) atoms. The molecule has 0 aromatic carbocycles. The van der Waals surface area contributed by atoms with Crippen LogP contribution in [0.5, 0.6) is 5.75 Å². The monoisotopic (exact) mass is 179 g/mol. The van der Waals surface area contributed by atoms with Crippen LogP contribution in [0.1, 0.15) is 6.42 Å². The van der Waals surface area contributed by atoms with Gasteiger partial charge in [-0.15, -0.1) is 0 Å². The Labute approximate surface area is 77.4 Å². The van der Waals surface area contributed by atoms with Gasteiger partial charge in [-0.1, -0.05) is 0 Å². The first-order valence-electron chi connectivity index (χ1n) is 4.53. The van der Waals surface area contributed by atoms with Crippen LogP contribution in [0, 0.1) is 5.92 Å². The summed E-state index contributed by atoms with van der Waals surface area (Å²) in [6.45, 7) is 2.94. The van der Waals surface area contributed by atoms with Gasteiger partial charge in [0.25, 0.3) is 0 Å². The Morgan fingerprint density at radius 1 is 1.46 bits per heavy atom. The van der Waals surface area contributed by atoms with Crippen molar-refractivity contribution in [1.82, 2.24) is 15.3 Å². The molecule has 2 rings (SSSR count). The third-order valence-electron chi connectivity index (χ3n) is 2.18. The smallest absolute Gasteiger partial charge is 0.155 e. The van der Waals surface area contributed by atoms with Gasteiger partial charge in [-0.2, -0.15) is 0 Å². The van der Waals surface area contributed by atoms with Crippen LogP contribution in [0.25, 0.3) is 0 Å². The molecule has 0 amide bonds. The second-order valence-corrected chi connectivity index (χ2v) is 3.24. The standard InChI is InChI=1S/C9H13N3O/c1-2-10-3-8(1)6-13-9-4-11-7-12-5-9/h4-5,7-8,10H,1-3,6H2/t8-/m1/s1. The van der Waals surface area contributed by atoms with Crippen molar-refractivity contribution in [2.45, 2.75) is 6.42 Å². The zero-order valence-corrected chi connectivity index (χ0v) is 7.44. The highest BCUT2D eigenvalue weighted by molar-refractivity contribution is 5.09. The first-order chi connectivity index (χ1) is 6.45. The minimum Gasteiger partial charge on any atom is -0.490 e. The summed E-state index contributed by atoms with van der Waals surface area (Å²) in [7, 11) is 0. The lowest BCUT2D eigenvalue weighted by atomic mass is 10.1. The van der Waals surface area contributed by atoms with Crippen LogP contribution in [0.3, 0.4) is 0 Å². The van der Waals surface area contributed by atoms with E-state index >= 15 is 0 Å². The Morgan fingerprint density at radius 3 is 3.00 bits per heavy atom. The minimum atomic E-state index is 0.639. The molecule has 0 bridgehead atoms. The Balaban J connectivity index is 1.79. The zero-order valence-electron chi connectivity index (χ0n) is 7.44. The Bertz CT molecular complexity index is 246.